The predicted molar refractivity (Wildman–Crippen MR) is 95.9 cm³/mol. The molecule has 0 spiro atoms. The Morgan fingerprint density at radius 3 is 2.12 bits per heavy atom. The summed E-state index contributed by atoms with van der Waals surface area (Å²) in [5.41, 5.74) is -5.63. The second-order valence-corrected chi connectivity index (χ2v) is 8.07. The number of hydrazone groups is 1. The monoisotopic (exact) mass is 469 g/mol. The van der Waals surface area contributed by atoms with Crippen molar-refractivity contribution in [2.75, 3.05) is 6.61 Å². The summed E-state index contributed by atoms with van der Waals surface area (Å²) >= 11 is 0. The molecule has 1 aromatic rings. The van der Waals surface area contributed by atoms with E-state index in [1.54, 1.807) is 0 Å². The quantitative estimate of drug-likeness (QED) is 0.659. The Bertz CT molecular complexity index is 947. The van der Waals surface area contributed by atoms with E-state index in [-0.39, 0.29) is 11.3 Å². The molecule has 0 radical (unpaired) electrons. The number of hydrogen-bond acceptors (Lipinski definition) is 5. The van der Waals surface area contributed by atoms with Crippen LogP contribution in [0.4, 0.5) is 30.7 Å². The van der Waals surface area contributed by atoms with Gasteiger partial charge in [-0.1, -0.05) is 20.8 Å². The van der Waals surface area contributed by atoms with Crippen LogP contribution in [0, 0.1) is 16.7 Å². The molecule has 6 nitrogen and oxygen atoms in total. The largest absolute Gasteiger partial charge is 0.484 e. The minimum Gasteiger partial charge on any atom is -0.484 e. The standard InChI is InChI=1S/C19H18F7N3O3/c1-15(2,3)13-8-16(31,17(20,21)18(22,23)19(24,25)26)29(28-13)14(30)10-32-12-6-4-11(9-27)5-7-12/h4-7,31H,8,10H2,1-3H3/t16-/m1/s1. The highest BCUT2D eigenvalue weighted by atomic mass is 19.4. The third-order valence-electron chi connectivity index (χ3n) is 4.69. The van der Waals surface area contributed by atoms with Gasteiger partial charge in [-0.15, -0.1) is 0 Å². The van der Waals surface area contributed by atoms with Crippen LogP contribution in [0.15, 0.2) is 29.4 Å². The van der Waals surface area contributed by atoms with Crippen molar-refractivity contribution in [1.29, 1.82) is 5.26 Å². The van der Waals surface area contributed by atoms with Gasteiger partial charge in [0, 0.05) is 17.5 Å². The van der Waals surface area contributed by atoms with E-state index in [1.807, 2.05) is 6.07 Å². The molecular formula is C19H18F7N3O3. The van der Waals surface area contributed by atoms with Crippen molar-refractivity contribution in [3.63, 3.8) is 0 Å². The van der Waals surface area contributed by atoms with E-state index >= 15 is 0 Å². The van der Waals surface area contributed by atoms with E-state index in [0.717, 1.165) is 0 Å². The lowest BCUT2D eigenvalue weighted by Gasteiger charge is -2.41. The molecule has 176 valence electrons. The topological polar surface area (TPSA) is 85.9 Å². The summed E-state index contributed by atoms with van der Waals surface area (Å²) in [5, 5.41) is 22.1. The number of rotatable bonds is 5. The van der Waals surface area contributed by atoms with Gasteiger partial charge in [0.15, 0.2) is 6.61 Å². The summed E-state index contributed by atoms with van der Waals surface area (Å²) in [5.74, 6) is -14.5. The number of nitrogens with zero attached hydrogens (tertiary/aromatic N) is 3. The molecule has 13 heteroatoms. The average Bonchev–Trinajstić information content (AvgIpc) is 3.05. The van der Waals surface area contributed by atoms with Crippen LogP contribution in [0.25, 0.3) is 0 Å². The maximum atomic E-state index is 14.5. The summed E-state index contributed by atoms with van der Waals surface area (Å²) in [4.78, 5) is 12.5. The van der Waals surface area contributed by atoms with Crippen molar-refractivity contribution < 1.29 is 45.4 Å². The first kappa shape index (κ1) is 25.4. The number of amides is 1. The first-order valence-electron chi connectivity index (χ1n) is 8.97. The Hall–Kier alpha value is -2.88. The van der Waals surface area contributed by atoms with Crippen molar-refractivity contribution in [1.82, 2.24) is 5.01 Å². The van der Waals surface area contributed by atoms with Crippen molar-refractivity contribution in [2.45, 2.75) is 50.9 Å². The summed E-state index contributed by atoms with van der Waals surface area (Å²) in [6, 6.07) is 6.86. The molecule has 0 unspecified atom stereocenters. The lowest BCUT2D eigenvalue weighted by atomic mass is 9.83. The Kier molecular flexibility index (Phi) is 6.28. The molecule has 1 aliphatic heterocycles. The molecule has 1 aliphatic rings. The van der Waals surface area contributed by atoms with Gasteiger partial charge in [0.05, 0.1) is 11.6 Å². The zero-order chi connectivity index (χ0) is 24.8. The molecule has 32 heavy (non-hydrogen) atoms. The lowest BCUT2D eigenvalue weighted by Crippen LogP contribution is -2.69. The van der Waals surface area contributed by atoms with Gasteiger partial charge in [-0.25, -0.2) is 0 Å². The summed E-state index contributed by atoms with van der Waals surface area (Å²) in [7, 11) is 0. The molecule has 0 aromatic heterocycles. The summed E-state index contributed by atoms with van der Waals surface area (Å²) in [6.45, 7) is 3.03. The van der Waals surface area contributed by atoms with Crippen LogP contribution < -0.4 is 4.74 Å². The van der Waals surface area contributed by atoms with Gasteiger partial charge in [0.2, 0.25) is 5.72 Å². The maximum Gasteiger partial charge on any atom is 0.460 e. The third kappa shape index (κ3) is 4.23. The maximum absolute atomic E-state index is 14.5. The smallest absolute Gasteiger partial charge is 0.460 e. The highest BCUT2D eigenvalue weighted by molar-refractivity contribution is 5.94. The molecule has 1 atom stereocenters. The van der Waals surface area contributed by atoms with Crippen molar-refractivity contribution in [3.05, 3.63) is 29.8 Å². The average molecular weight is 469 g/mol. The number of nitriles is 1. The highest BCUT2D eigenvalue weighted by Gasteiger charge is 2.82. The van der Waals surface area contributed by atoms with Gasteiger partial charge in [-0.2, -0.15) is 46.1 Å². The zero-order valence-corrected chi connectivity index (χ0v) is 17.0. The van der Waals surface area contributed by atoms with Crippen molar-refractivity contribution in [2.24, 2.45) is 10.5 Å². The minimum atomic E-state index is -6.72. The molecule has 1 N–H and O–H groups in total. The van der Waals surface area contributed by atoms with E-state index in [9.17, 15) is 40.6 Å². The number of alkyl halides is 7. The minimum absolute atomic E-state index is 0.0347. The molecule has 0 fully saturated rings. The number of carbonyl (C=O) groups excluding carboxylic acids is 1. The van der Waals surface area contributed by atoms with E-state index in [0.29, 0.717) is 0 Å². The fourth-order valence-corrected chi connectivity index (χ4v) is 2.73. The Morgan fingerprint density at radius 2 is 1.69 bits per heavy atom. The Morgan fingerprint density at radius 1 is 1.16 bits per heavy atom. The Labute approximate surface area is 177 Å². The molecule has 0 saturated heterocycles. The molecule has 1 heterocycles. The third-order valence-corrected chi connectivity index (χ3v) is 4.69. The molecule has 1 amide bonds. The lowest BCUT2D eigenvalue weighted by molar-refractivity contribution is -0.401. The van der Waals surface area contributed by atoms with Crippen LogP contribution >= 0.6 is 0 Å². The number of carbonyl (C=O) groups is 1. The van der Waals surface area contributed by atoms with Gasteiger partial charge < -0.3 is 9.84 Å². The SMILES string of the molecule is CC(C)(C)C1=NN(C(=O)COc2ccc(C#N)cc2)[C@](O)(C(F)(F)C(F)(F)C(F)(F)F)C1. The van der Waals surface area contributed by atoms with Gasteiger partial charge in [-0.3, -0.25) is 4.79 Å². The van der Waals surface area contributed by atoms with Gasteiger partial charge >= 0.3 is 18.0 Å². The number of benzene rings is 1. The van der Waals surface area contributed by atoms with Crippen LogP contribution in [-0.2, 0) is 4.79 Å². The van der Waals surface area contributed by atoms with Crippen LogP contribution in [0.3, 0.4) is 0 Å². The van der Waals surface area contributed by atoms with E-state index in [4.69, 9.17) is 10.00 Å². The second-order valence-electron chi connectivity index (χ2n) is 8.07. The fraction of sp³-hybridized carbons (Fsp3) is 0.526. The zero-order valence-electron chi connectivity index (χ0n) is 17.0. The van der Waals surface area contributed by atoms with Crippen molar-refractivity contribution in [3.8, 4) is 11.8 Å². The summed E-state index contributed by atoms with van der Waals surface area (Å²) in [6.07, 6.45) is -8.16. The fourth-order valence-electron chi connectivity index (χ4n) is 2.73. The molecular weight excluding hydrogens is 451 g/mol. The molecule has 2 rings (SSSR count). The molecule has 1 aromatic carbocycles. The normalized spacial score (nSPS) is 20.1. The van der Waals surface area contributed by atoms with E-state index in [1.165, 1.54) is 45.0 Å². The first-order chi connectivity index (χ1) is 14.4. The first-order valence-corrected chi connectivity index (χ1v) is 8.97. The van der Waals surface area contributed by atoms with Gasteiger partial charge in [-0.05, 0) is 24.3 Å². The molecule has 0 saturated carbocycles. The number of halogens is 7. The predicted octanol–water partition coefficient (Wildman–Crippen LogP) is 4.09. The molecule has 0 aliphatic carbocycles. The van der Waals surface area contributed by atoms with Crippen LogP contribution in [0.5, 0.6) is 5.75 Å². The van der Waals surface area contributed by atoms with Crippen LogP contribution in [0.2, 0.25) is 0 Å². The highest BCUT2D eigenvalue weighted by Crippen LogP contribution is 2.55. The number of aliphatic hydroxyl groups is 1. The Balaban J connectivity index is 2.41. The number of ether oxygens (including phenoxy) is 1. The van der Waals surface area contributed by atoms with E-state index < -0.39 is 58.8 Å². The molecule has 0 bridgehead atoms. The van der Waals surface area contributed by atoms with Crippen LogP contribution in [0.1, 0.15) is 32.8 Å². The second kappa shape index (κ2) is 7.91. The number of hydrogen-bond donors (Lipinski definition) is 1. The van der Waals surface area contributed by atoms with Gasteiger partial charge in [0.1, 0.15) is 5.75 Å². The van der Waals surface area contributed by atoms with Crippen LogP contribution in [-0.4, -0.2) is 52.1 Å². The van der Waals surface area contributed by atoms with E-state index in [2.05, 4.69) is 5.10 Å². The summed E-state index contributed by atoms with van der Waals surface area (Å²) < 4.78 is 99.7. The van der Waals surface area contributed by atoms with Gasteiger partial charge in [0.25, 0.3) is 5.91 Å². The van der Waals surface area contributed by atoms with Crippen molar-refractivity contribution >= 4 is 11.6 Å².